The van der Waals surface area contributed by atoms with Crippen LogP contribution in [0.3, 0.4) is 0 Å². The fourth-order valence-electron chi connectivity index (χ4n) is 1.05. The molecule has 1 N–H and O–H groups in total. The third-order valence-corrected chi connectivity index (χ3v) is 1.60. The van der Waals surface area contributed by atoms with Crippen molar-refractivity contribution < 1.29 is 0 Å². The summed E-state index contributed by atoms with van der Waals surface area (Å²) in [6.45, 7) is 9.14. The maximum atomic E-state index is 7.44. The second kappa shape index (κ2) is 4.94. The van der Waals surface area contributed by atoms with Gasteiger partial charge in [0.05, 0.1) is 0 Å². The Morgan fingerprint density at radius 2 is 1.92 bits per heavy atom. The van der Waals surface area contributed by atoms with Crippen LogP contribution in [0.25, 0.3) is 0 Å². The molecule has 0 fully saturated rings. The van der Waals surface area contributed by atoms with E-state index < -0.39 is 0 Å². The molecular weight excluding hydrogens is 170 g/mol. The van der Waals surface area contributed by atoms with Gasteiger partial charge in [-0.15, -0.1) is 0 Å². The number of allylic oxidation sites excluding steroid dienone is 5. The van der Waals surface area contributed by atoms with E-state index in [0.717, 1.165) is 11.1 Å². The van der Waals surface area contributed by atoms with E-state index in [1.54, 1.807) is 13.0 Å². The predicted octanol–water partition coefficient (Wildman–Crippen LogP) is 3.67. The molecule has 2 heteroatoms. The maximum Gasteiger partial charge on any atom is 0.0354 e. The standard InChI is InChI=1S/C10H14ClN/c1-5-10(9(4)12)7(2)6-8(3)11/h5-6,12H,3H2,1-2,4H3/b7-6-,10-5?,12-9?. The van der Waals surface area contributed by atoms with Crippen LogP contribution >= 0.6 is 11.6 Å². The topological polar surface area (TPSA) is 23.9 Å². The molecule has 0 heterocycles. The van der Waals surface area contributed by atoms with Crippen molar-refractivity contribution in [3.05, 3.63) is 34.9 Å². The highest BCUT2D eigenvalue weighted by Gasteiger charge is 2.00. The van der Waals surface area contributed by atoms with Crippen LogP contribution in [-0.2, 0) is 0 Å². The van der Waals surface area contributed by atoms with Crippen molar-refractivity contribution in [2.75, 3.05) is 0 Å². The van der Waals surface area contributed by atoms with Crippen LogP contribution in [0.2, 0.25) is 0 Å². The zero-order valence-corrected chi connectivity index (χ0v) is 8.50. The van der Waals surface area contributed by atoms with Crippen molar-refractivity contribution in [3.8, 4) is 0 Å². The summed E-state index contributed by atoms with van der Waals surface area (Å²) in [5.74, 6) is 0. The molecular formula is C10H14ClN. The van der Waals surface area contributed by atoms with E-state index in [9.17, 15) is 0 Å². The lowest BCUT2D eigenvalue weighted by Crippen LogP contribution is -1.96. The zero-order chi connectivity index (χ0) is 9.72. The number of halogens is 1. The molecule has 12 heavy (non-hydrogen) atoms. The molecule has 0 aliphatic carbocycles. The number of hydrogen-bond acceptors (Lipinski definition) is 1. The Morgan fingerprint density at radius 1 is 1.42 bits per heavy atom. The Hall–Kier alpha value is -0.820. The van der Waals surface area contributed by atoms with Crippen molar-refractivity contribution in [2.24, 2.45) is 0 Å². The summed E-state index contributed by atoms with van der Waals surface area (Å²) in [7, 11) is 0. The van der Waals surface area contributed by atoms with E-state index in [0.29, 0.717) is 10.7 Å². The Kier molecular flexibility index (Phi) is 4.60. The van der Waals surface area contributed by atoms with E-state index in [2.05, 4.69) is 6.58 Å². The molecule has 0 amide bonds. The van der Waals surface area contributed by atoms with E-state index in [1.807, 2.05) is 19.9 Å². The minimum atomic E-state index is 0.494. The fraction of sp³-hybridized carbons (Fsp3) is 0.300. The molecule has 0 atom stereocenters. The van der Waals surface area contributed by atoms with Gasteiger partial charge < -0.3 is 5.41 Å². The predicted molar refractivity (Wildman–Crippen MR) is 55.9 cm³/mol. The second-order valence-electron chi connectivity index (χ2n) is 2.60. The van der Waals surface area contributed by atoms with Gasteiger partial charge in [0, 0.05) is 10.7 Å². The third-order valence-electron chi connectivity index (χ3n) is 1.49. The minimum Gasteiger partial charge on any atom is -0.305 e. The molecule has 0 unspecified atom stereocenters. The number of nitrogens with one attached hydrogen (secondary N) is 1. The summed E-state index contributed by atoms with van der Waals surface area (Å²) < 4.78 is 0. The highest BCUT2D eigenvalue weighted by Crippen LogP contribution is 2.14. The van der Waals surface area contributed by atoms with Crippen molar-refractivity contribution in [2.45, 2.75) is 20.8 Å². The summed E-state index contributed by atoms with van der Waals surface area (Å²) >= 11 is 5.61. The molecule has 0 bridgehead atoms. The van der Waals surface area contributed by atoms with Gasteiger partial charge in [0.1, 0.15) is 0 Å². The Bertz CT molecular complexity index is 259. The number of rotatable bonds is 3. The lowest BCUT2D eigenvalue weighted by molar-refractivity contribution is 1.37. The fourth-order valence-corrected chi connectivity index (χ4v) is 1.22. The molecule has 0 saturated carbocycles. The van der Waals surface area contributed by atoms with Crippen molar-refractivity contribution in [3.63, 3.8) is 0 Å². The summed E-state index contributed by atoms with van der Waals surface area (Å²) in [6, 6.07) is 0. The van der Waals surface area contributed by atoms with Crippen LogP contribution in [-0.4, -0.2) is 5.71 Å². The molecule has 0 spiro atoms. The van der Waals surface area contributed by atoms with Gasteiger partial charge in [-0.25, -0.2) is 0 Å². The van der Waals surface area contributed by atoms with Gasteiger partial charge in [-0.1, -0.05) is 24.3 Å². The Labute approximate surface area is 78.9 Å². The highest BCUT2D eigenvalue weighted by molar-refractivity contribution is 6.31. The maximum absolute atomic E-state index is 7.44. The lowest BCUT2D eigenvalue weighted by atomic mass is 10.0. The molecule has 0 rings (SSSR count). The van der Waals surface area contributed by atoms with Crippen LogP contribution < -0.4 is 0 Å². The molecule has 0 aliphatic rings. The van der Waals surface area contributed by atoms with Crippen LogP contribution in [0.1, 0.15) is 20.8 Å². The summed E-state index contributed by atoms with van der Waals surface area (Å²) in [5, 5.41) is 7.94. The van der Waals surface area contributed by atoms with E-state index in [-0.39, 0.29) is 0 Å². The molecule has 1 nitrogen and oxygen atoms in total. The summed E-state index contributed by atoms with van der Waals surface area (Å²) in [4.78, 5) is 0. The van der Waals surface area contributed by atoms with Gasteiger partial charge in [0.2, 0.25) is 0 Å². The van der Waals surface area contributed by atoms with Gasteiger partial charge in [-0.05, 0) is 38.0 Å². The zero-order valence-electron chi connectivity index (χ0n) is 7.74. The van der Waals surface area contributed by atoms with E-state index in [4.69, 9.17) is 17.0 Å². The summed E-state index contributed by atoms with van der Waals surface area (Å²) in [5.41, 5.74) is 2.44. The normalized spacial score (nSPS) is 13.0. The lowest BCUT2D eigenvalue weighted by Gasteiger charge is -2.04. The molecule has 0 aromatic rings. The van der Waals surface area contributed by atoms with Crippen molar-refractivity contribution in [1.29, 1.82) is 5.41 Å². The van der Waals surface area contributed by atoms with Gasteiger partial charge in [-0.3, -0.25) is 0 Å². The van der Waals surface area contributed by atoms with Crippen LogP contribution in [0.5, 0.6) is 0 Å². The molecule has 0 aromatic carbocycles. The summed E-state index contributed by atoms with van der Waals surface area (Å²) in [6.07, 6.45) is 3.66. The van der Waals surface area contributed by atoms with Gasteiger partial charge in [-0.2, -0.15) is 0 Å². The van der Waals surface area contributed by atoms with E-state index in [1.165, 1.54) is 0 Å². The third kappa shape index (κ3) is 3.54. The molecule has 0 aliphatic heterocycles. The van der Waals surface area contributed by atoms with Crippen molar-refractivity contribution >= 4 is 17.3 Å². The molecule has 0 aromatic heterocycles. The quantitative estimate of drug-likeness (QED) is 0.510. The van der Waals surface area contributed by atoms with Crippen LogP contribution in [0, 0.1) is 5.41 Å². The minimum absolute atomic E-state index is 0.494. The molecule has 0 radical (unpaired) electrons. The van der Waals surface area contributed by atoms with Crippen LogP contribution in [0.15, 0.2) is 34.9 Å². The van der Waals surface area contributed by atoms with E-state index >= 15 is 0 Å². The monoisotopic (exact) mass is 183 g/mol. The highest BCUT2D eigenvalue weighted by atomic mass is 35.5. The van der Waals surface area contributed by atoms with Gasteiger partial charge in [0.15, 0.2) is 0 Å². The van der Waals surface area contributed by atoms with Crippen LogP contribution in [0.4, 0.5) is 0 Å². The van der Waals surface area contributed by atoms with Crippen molar-refractivity contribution in [1.82, 2.24) is 0 Å². The molecule has 0 saturated heterocycles. The first-order chi connectivity index (χ1) is 5.49. The second-order valence-corrected chi connectivity index (χ2v) is 3.09. The first kappa shape index (κ1) is 11.2. The molecule has 66 valence electrons. The Morgan fingerprint density at radius 3 is 2.17 bits per heavy atom. The van der Waals surface area contributed by atoms with Gasteiger partial charge >= 0.3 is 0 Å². The Balaban J connectivity index is 4.78. The first-order valence-corrected chi connectivity index (χ1v) is 4.11. The largest absolute Gasteiger partial charge is 0.305 e. The average Bonchev–Trinajstić information content (AvgIpc) is 1.85. The van der Waals surface area contributed by atoms with Gasteiger partial charge in [0.25, 0.3) is 0 Å². The smallest absolute Gasteiger partial charge is 0.0354 e. The SMILES string of the molecule is C=C(Cl)/C=C(/C)C(=CC)C(C)=N. The number of hydrogen-bond donors (Lipinski definition) is 1. The average molecular weight is 184 g/mol. The first-order valence-electron chi connectivity index (χ1n) is 3.74.